The highest BCUT2D eigenvalue weighted by Gasteiger charge is 2.17. The van der Waals surface area contributed by atoms with Crippen LogP contribution in [-0.4, -0.2) is 40.3 Å². The average Bonchev–Trinajstić information content (AvgIpc) is 3.32. The molecule has 0 bridgehead atoms. The van der Waals surface area contributed by atoms with Crippen molar-refractivity contribution in [3.8, 4) is 17.2 Å². The fourth-order valence-corrected chi connectivity index (χ4v) is 3.93. The minimum absolute atomic E-state index is 0.0202. The van der Waals surface area contributed by atoms with Gasteiger partial charge in [0.25, 0.3) is 5.89 Å². The molecule has 1 aromatic carbocycles. The van der Waals surface area contributed by atoms with Crippen LogP contribution in [0.1, 0.15) is 17.2 Å². The van der Waals surface area contributed by atoms with Crippen molar-refractivity contribution in [2.75, 3.05) is 7.11 Å². The minimum Gasteiger partial charge on any atom is -0.496 e. The molecular formula is C18H18N6O4S. The van der Waals surface area contributed by atoms with E-state index in [1.807, 2.05) is 0 Å². The molecule has 29 heavy (non-hydrogen) atoms. The van der Waals surface area contributed by atoms with Crippen LogP contribution in [0.3, 0.4) is 0 Å². The highest BCUT2D eigenvalue weighted by Crippen LogP contribution is 2.22. The van der Waals surface area contributed by atoms with Crippen molar-refractivity contribution >= 4 is 15.7 Å². The molecule has 0 radical (unpaired) electrons. The number of rotatable bonds is 6. The number of aromatic nitrogens is 5. The van der Waals surface area contributed by atoms with Gasteiger partial charge in [0.05, 0.1) is 18.6 Å². The van der Waals surface area contributed by atoms with Gasteiger partial charge in [-0.2, -0.15) is 4.98 Å². The van der Waals surface area contributed by atoms with E-state index < -0.39 is 10.0 Å². The lowest BCUT2D eigenvalue weighted by atomic mass is 10.2. The van der Waals surface area contributed by atoms with Crippen LogP contribution >= 0.6 is 0 Å². The zero-order valence-corrected chi connectivity index (χ0v) is 16.8. The van der Waals surface area contributed by atoms with Crippen molar-refractivity contribution < 1.29 is 17.7 Å². The van der Waals surface area contributed by atoms with Gasteiger partial charge in [0.15, 0.2) is 17.3 Å². The summed E-state index contributed by atoms with van der Waals surface area (Å²) in [6.07, 6.45) is 1.73. The normalized spacial score (nSPS) is 11.8. The molecular weight excluding hydrogens is 396 g/mol. The van der Waals surface area contributed by atoms with E-state index in [0.717, 1.165) is 5.56 Å². The van der Waals surface area contributed by atoms with E-state index in [9.17, 15) is 8.42 Å². The van der Waals surface area contributed by atoms with Gasteiger partial charge in [0, 0.05) is 11.8 Å². The third-order valence-corrected chi connectivity index (χ3v) is 5.75. The highest BCUT2D eigenvalue weighted by atomic mass is 32.2. The first-order valence-corrected chi connectivity index (χ1v) is 10.1. The number of hydrogen-bond acceptors (Lipinski definition) is 8. The topological polar surface area (TPSA) is 125 Å². The number of fused-ring (bicyclic) bond motifs is 1. The van der Waals surface area contributed by atoms with Crippen LogP contribution in [0.5, 0.6) is 5.75 Å². The SMILES string of the molecule is COc1ccc(S(=O)(=O)NCc2nnc3cc(-c4nc(C)no4)ccn23)cc1C. The van der Waals surface area contributed by atoms with Gasteiger partial charge in [0.1, 0.15) is 5.75 Å². The lowest BCUT2D eigenvalue weighted by molar-refractivity contribution is 0.411. The minimum atomic E-state index is -3.72. The molecule has 0 spiro atoms. The van der Waals surface area contributed by atoms with E-state index in [-0.39, 0.29) is 11.4 Å². The largest absolute Gasteiger partial charge is 0.496 e. The molecule has 0 aliphatic rings. The summed E-state index contributed by atoms with van der Waals surface area (Å²) >= 11 is 0. The molecule has 150 valence electrons. The fraction of sp³-hybridized carbons (Fsp3) is 0.222. The zero-order chi connectivity index (χ0) is 20.6. The summed E-state index contributed by atoms with van der Waals surface area (Å²) in [6.45, 7) is 3.50. The molecule has 0 aliphatic heterocycles. The predicted octanol–water partition coefficient (Wildman–Crippen LogP) is 1.88. The number of sulfonamides is 1. The van der Waals surface area contributed by atoms with E-state index in [1.54, 1.807) is 48.7 Å². The Kier molecular flexibility index (Phi) is 4.76. The molecule has 0 aliphatic carbocycles. The molecule has 0 amide bonds. The number of benzene rings is 1. The van der Waals surface area contributed by atoms with Gasteiger partial charge in [-0.15, -0.1) is 10.2 Å². The third-order valence-electron chi connectivity index (χ3n) is 4.35. The molecule has 0 saturated carbocycles. The van der Waals surface area contributed by atoms with Gasteiger partial charge in [-0.3, -0.25) is 4.40 Å². The Morgan fingerprint density at radius 3 is 2.69 bits per heavy atom. The second-order valence-electron chi connectivity index (χ2n) is 6.36. The molecule has 3 aromatic heterocycles. The lowest BCUT2D eigenvalue weighted by Crippen LogP contribution is -2.24. The monoisotopic (exact) mass is 414 g/mol. The van der Waals surface area contributed by atoms with Crippen molar-refractivity contribution in [2.45, 2.75) is 25.3 Å². The van der Waals surface area contributed by atoms with Crippen LogP contribution < -0.4 is 9.46 Å². The van der Waals surface area contributed by atoms with Gasteiger partial charge >= 0.3 is 0 Å². The Morgan fingerprint density at radius 1 is 1.17 bits per heavy atom. The van der Waals surface area contributed by atoms with Gasteiger partial charge in [-0.25, -0.2) is 13.1 Å². The van der Waals surface area contributed by atoms with Gasteiger partial charge in [-0.1, -0.05) is 5.16 Å². The van der Waals surface area contributed by atoms with Crippen molar-refractivity contribution in [1.82, 2.24) is 29.5 Å². The third kappa shape index (κ3) is 3.69. The maximum atomic E-state index is 12.6. The molecule has 1 N–H and O–H groups in total. The smallest absolute Gasteiger partial charge is 0.258 e. The van der Waals surface area contributed by atoms with E-state index >= 15 is 0 Å². The van der Waals surface area contributed by atoms with E-state index in [2.05, 4.69) is 25.1 Å². The Bertz CT molecular complexity index is 1290. The summed E-state index contributed by atoms with van der Waals surface area (Å²) in [5.41, 5.74) is 1.96. The fourth-order valence-electron chi connectivity index (χ4n) is 2.87. The van der Waals surface area contributed by atoms with E-state index in [0.29, 0.717) is 34.5 Å². The summed E-state index contributed by atoms with van der Waals surface area (Å²) in [7, 11) is -2.18. The maximum Gasteiger partial charge on any atom is 0.258 e. The van der Waals surface area contributed by atoms with Gasteiger partial charge in [-0.05, 0) is 49.7 Å². The summed E-state index contributed by atoms with van der Waals surface area (Å²) in [5.74, 6) is 1.98. The quantitative estimate of drug-likeness (QED) is 0.507. The zero-order valence-electron chi connectivity index (χ0n) is 15.9. The van der Waals surface area contributed by atoms with Crippen LogP contribution in [0.2, 0.25) is 0 Å². The van der Waals surface area contributed by atoms with Crippen molar-refractivity contribution in [3.63, 3.8) is 0 Å². The summed E-state index contributed by atoms with van der Waals surface area (Å²) in [6, 6.07) is 8.19. The van der Waals surface area contributed by atoms with Crippen LogP contribution in [0.15, 0.2) is 45.9 Å². The summed E-state index contributed by atoms with van der Waals surface area (Å²) in [5, 5.41) is 11.9. The standard InChI is InChI=1S/C18H18N6O4S/c1-11-8-14(4-5-15(11)27-3)29(25,26)19-10-17-22-21-16-9-13(6-7-24(16)17)18-20-12(2)23-28-18/h4-9,19H,10H2,1-3H3. The molecule has 11 heteroatoms. The molecule has 10 nitrogen and oxygen atoms in total. The number of nitrogens with one attached hydrogen (secondary N) is 1. The number of aryl methyl sites for hydroxylation is 2. The highest BCUT2D eigenvalue weighted by molar-refractivity contribution is 7.89. The maximum absolute atomic E-state index is 12.6. The second-order valence-corrected chi connectivity index (χ2v) is 8.13. The number of ether oxygens (including phenoxy) is 1. The van der Waals surface area contributed by atoms with E-state index in [4.69, 9.17) is 9.26 Å². The number of methoxy groups -OCH3 is 1. The molecule has 4 aromatic rings. The molecule has 3 heterocycles. The molecule has 0 saturated heterocycles. The average molecular weight is 414 g/mol. The van der Waals surface area contributed by atoms with E-state index in [1.165, 1.54) is 13.2 Å². The Balaban J connectivity index is 1.56. The number of nitrogens with zero attached hydrogens (tertiary/aromatic N) is 5. The summed E-state index contributed by atoms with van der Waals surface area (Å²) in [4.78, 5) is 4.33. The van der Waals surface area contributed by atoms with Crippen molar-refractivity contribution in [3.05, 3.63) is 53.7 Å². The van der Waals surface area contributed by atoms with Crippen molar-refractivity contribution in [2.24, 2.45) is 0 Å². The van der Waals surface area contributed by atoms with Crippen LogP contribution in [-0.2, 0) is 16.6 Å². The van der Waals surface area contributed by atoms with Gasteiger partial charge in [0.2, 0.25) is 10.0 Å². The molecule has 4 rings (SSSR count). The summed E-state index contributed by atoms with van der Waals surface area (Å²) < 4.78 is 39.8. The van der Waals surface area contributed by atoms with Crippen LogP contribution in [0.25, 0.3) is 17.1 Å². The van der Waals surface area contributed by atoms with Crippen molar-refractivity contribution in [1.29, 1.82) is 0 Å². The molecule has 0 atom stereocenters. The predicted molar refractivity (Wildman–Crippen MR) is 103 cm³/mol. The first-order chi connectivity index (χ1) is 13.9. The van der Waals surface area contributed by atoms with Crippen LogP contribution in [0, 0.1) is 13.8 Å². The Morgan fingerprint density at radius 2 is 2.00 bits per heavy atom. The number of hydrogen-bond donors (Lipinski definition) is 1. The second kappa shape index (κ2) is 7.26. The Labute approximate surface area is 166 Å². The lowest BCUT2D eigenvalue weighted by Gasteiger charge is -2.09. The molecule has 0 fully saturated rings. The van der Waals surface area contributed by atoms with Crippen LogP contribution in [0.4, 0.5) is 0 Å². The molecule has 0 unspecified atom stereocenters. The first kappa shape index (κ1) is 19.0. The van der Waals surface area contributed by atoms with Gasteiger partial charge < -0.3 is 9.26 Å². The number of pyridine rings is 1. The Hall–Kier alpha value is -3.31. The first-order valence-electron chi connectivity index (χ1n) is 8.66.